The molecule has 0 amide bonds. The van der Waals surface area contributed by atoms with E-state index in [1.165, 1.54) is 44.9 Å². The van der Waals surface area contributed by atoms with E-state index in [2.05, 4.69) is 13.0 Å². The number of unbranched alkanes of at least 4 members (excludes halogenated alkanes) is 8. The van der Waals surface area contributed by atoms with Crippen molar-refractivity contribution in [3.8, 4) is 0 Å². The van der Waals surface area contributed by atoms with E-state index < -0.39 is 28.4 Å². The molecule has 0 unspecified atom stereocenters. The molecule has 0 aromatic heterocycles. The van der Waals surface area contributed by atoms with Crippen molar-refractivity contribution in [2.45, 2.75) is 103 Å². The molecule has 0 aliphatic carbocycles. The summed E-state index contributed by atoms with van der Waals surface area (Å²) in [4.78, 5) is 0. The van der Waals surface area contributed by atoms with Crippen molar-refractivity contribution < 1.29 is 26.8 Å². The molecule has 0 N–H and O–H groups in total. The van der Waals surface area contributed by atoms with Crippen LogP contribution in [0.4, 0.5) is 0 Å². The Morgan fingerprint density at radius 2 is 1.13 bits per heavy atom. The molecule has 0 aliphatic heterocycles. The molecule has 0 saturated carbocycles. The summed E-state index contributed by atoms with van der Waals surface area (Å²) in [5.74, 6) is 0. The van der Waals surface area contributed by atoms with E-state index in [-0.39, 0.29) is 13.2 Å². The maximum absolute atomic E-state index is 12.5. The number of hydrogen-bond acceptors (Lipinski definition) is 6. The summed E-state index contributed by atoms with van der Waals surface area (Å²) in [5, 5.41) is 0. The lowest BCUT2D eigenvalue weighted by Crippen LogP contribution is -2.45. The molecule has 0 saturated heterocycles. The summed E-state index contributed by atoms with van der Waals surface area (Å²) < 4.78 is 49.7. The molecule has 45 heavy (non-hydrogen) atoms. The fraction of sp³-hybridized carbons (Fsp3) is 0.474. The van der Waals surface area contributed by atoms with Crippen LogP contribution in [0.25, 0.3) is 0 Å². The van der Waals surface area contributed by atoms with Gasteiger partial charge in [-0.15, -0.1) is 0 Å². The Balaban J connectivity index is 1.78. The number of benzene rings is 3. The molecular formula is C38H52O6S. The number of ether oxygens (including phenoxy) is 3. The first kappa shape index (κ1) is 36.7. The smallest absolute Gasteiger partial charge is 0.264 e. The number of rotatable bonds is 24. The Bertz CT molecular complexity index is 1280. The van der Waals surface area contributed by atoms with E-state index in [1.807, 2.05) is 97.1 Å². The summed E-state index contributed by atoms with van der Waals surface area (Å²) in [6.07, 6.45) is 13.9. The normalized spacial score (nSPS) is 14.0. The van der Waals surface area contributed by atoms with E-state index in [0.717, 1.165) is 35.8 Å². The van der Waals surface area contributed by atoms with Crippen LogP contribution in [-0.4, -0.2) is 39.6 Å². The van der Waals surface area contributed by atoms with Crippen LogP contribution in [0.15, 0.2) is 103 Å². The first-order valence-electron chi connectivity index (χ1n) is 16.4. The zero-order valence-electron chi connectivity index (χ0n) is 27.1. The summed E-state index contributed by atoms with van der Waals surface area (Å²) in [6.45, 7) is 3.19. The second-order valence-corrected chi connectivity index (χ2v) is 13.2. The van der Waals surface area contributed by atoms with Gasteiger partial charge in [-0.2, -0.15) is 8.42 Å². The number of hydrogen-bond donors (Lipinski definition) is 0. The van der Waals surface area contributed by atoms with Crippen LogP contribution in [0.3, 0.4) is 0 Å². The predicted molar refractivity (Wildman–Crippen MR) is 182 cm³/mol. The zero-order valence-corrected chi connectivity index (χ0v) is 27.9. The quantitative estimate of drug-likeness (QED) is 0.0556. The highest BCUT2D eigenvalue weighted by atomic mass is 32.2. The Kier molecular flexibility index (Phi) is 17.8. The van der Waals surface area contributed by atoms with Gasteiger partial charge < -0.3 is 14.2 Å². The molecule has 0 aliphatic rings. The molecule has 3 aromatic carbocycles. The average molecular weight is 637 g/mol. The van der Waals surface area contributed by atoms with E-state index in [4.69, 9.17) is 18.4 Å². The van der Waals surface area contributed by atoms with Gasteiger partial charge in [-0.3, -0.25) is 4.18 Å². The fourth-order valence-corrected chi connectivity index (χ4v) is 5.72. The Hall–Kier alpha value is -2.81. The van der Waals surface area contributed by atoms with Crippen molar-refractivity contribution in [1.82, 2.24) is 0 Å². The van der Waals surface area contributed by atoms with Crippen molar-refractivity contribution in [3.05, 3.63) is 120 Å². The van der Waals surface area contributed by atoms with Crippen LogP contribution in [0.1, 0.15) is 81.4 Å². The average Bonchev–Trinajstić information content (AvgIpc) is 3.04. The van der Waals surface area contributed by atoms with Crippen LogP contribution in [0.5, 0.6) is 0 Å². The van der Waals surface area contributed by atoms with Crippen LogP contribution in [0, 0.1) is 0 Å². The summed E-state index contributed by atoms with van der Waals surface area (Å²) in [6, 6.07) is 29.5. The lowest BCUT2D eigenvalue weighted by Gasteiger charge is -2.31. The molecular weight excluding hydrogens is 584 g/mol. The summed E-state index contributed by atoms with van der Waals surface area (Å²) in [5.41, 5.74) is 2.97. The third-order valence-corrected chi connectivity index (χ3v) is 8.10. The van der Waals surface area contributed by atoms with Crippen molar-refractivity contribution >= 4 is 10.1 Å². The largest absolute Gasteiger partial charge is 0.374 e. The van der Waals surface area contributed by atoms with E-state index in [9.17, 15) is 8.42 Å². The van der Waals surface area contributed by atoms with E-state index in [0.29, 0.717) is 13.2 Å². The maximum atomic E-state index is 12.5. The van der Waals surface area contributed by atoms with Gasteiger partial charge in [-0.25, -0.2) is 0 Å². The first-order valence-corrected chi connectivity index (χ1v) is 18.2. The van der Waals surface area contributed by atoms with Gasteiger partial charge in [0.2, 0.25) is 0 Å². The molecule has 0 fully saturated rings. The van der Waals surface area contributed by atoms with Crippen molar-refractivity contribution in [2.24, 2.45) is 0 Å². The lowest BCUT2D eigenvalue weighted by atomic mass is 10.0. The molecule has 7 heteroatoms. The second-order valence-electron chi connectivity index (χ2n) is 11.6. The van der Waals surface area contributed by atoms with Gasteiger partial charge in [-0.05, 0) is 29.5 Å². The highest BCUT2D eigenvalue weighted by molar-refractivity contribution is 7.86. The molecule has 0 bridgehead atoms. The van der Waals surface area contributed by atoms with Gasteiger partial charge in [0.1, 0.15) is 18.3 Å². The van der Waals surface area contributed by atoms with Crippen LogP contribution >= 0.6 is 0 Å². The van der Waals surface area contributed by atoms with Gasteiger partial charge in [0.25, 0.3) is 10.1 Å². The molecule has 3 rings (SSSR count). The van der Waals surface area contributed by atoms with Crippen LogP contribution in [0.2, 0.25) is 0 Å². The molecule has 3 atom stereocenters. The monoisotopic (exact) mass is 636 g/mol. The molecule has 0 spiro atoms. The standard InChI is InChI=1S/C38H52O6S/c1-3-4-5-6-7-8-9-10-11-21-28-36(42-30-34-24-17-13-18-25-34)38(43-31-35-26-19-14-20-27-35)37(44-45(2,39)40)32-41-29-33-22-15-12-16-23-33/h12-28,36-38H,3-11,29-32H2,1-2H3/b28-21+/t36-,37-,38-/m1/s1. The van der Waals surface area contributed by atoms with E-state index >= 15 is 0 Å². The lowest BCUT2D eigenvalue weighted by molar-refractivity contribution is -0.124. The highest BCUT2D eigenvalue weighted by Gasteiger charge is 2.34. The van der Waals surface area contributed by atoms with Gasteiger partial charge in [0.15, 0.2) is 0 Å². The minimum Gasteiger partial charge on any atom is -0.374 e. The fourth-order valence-electron chi connectivity index (χ4n) is 5.10. The van der Waals surface area contributed by atoms with Crippen molar-refractivity contribution in [1.29, 1.82) is 0 Å². The Morgan fingerprint density at radius 3 is 1.67 bits per heavy atom. The Morgan fingerprint density at radius 1 is 0.644 bits per heavy atom. The molecule has 6 nitrogen and oxygen atoms in total. The predicted octanol–water partition coefficient (Wildman–Crippen LogP) is 8.81. The highest BCUT2D eigenvalue weighted by Crippen LogP contribution is 2.21. The minimum atomic E-state index is -3.83. The molecule has 0 heterocycles. The van der Waals surface area contributed by atoms with Crippen LogP contribution < -0.4 is 0 Å². The number of allylic oxidation sites excluding steroid dienone is 1. The maximum Gasteiger partial charge on any atom is 0.264 e. The van der Waals surface area contributed by atoms with Gasteiger partial charge in [-0.1, -0.05) is 155 Å². The van der Waals surface area contributed by atoms with Gasteiger partial charge in [0.05, 0.1) is 32.7 Å². The van der Waals surface area contributed by atoms with Crippen LogP contribution in [-0.2, 0) is 48.3 Å². The Labute approximate surface area is 271 Å². The van der Waals surface area contributed by atoms with E-state index in [1.54, 1.807) is 0 Å². The zero-order chi connectivity index (χ0) is 32.0. The van der Waals surface area contributed by atoms with Gasteiger partial charge >= 0.3 is 0 Å². The van der Waals surface area contributed by atoms with Gasteiger partial charge in [0, 0.05) is 0 Å². The third kappa shape index (κ3) is 16.4. The first-order chi connectivity index (χ1) is 21.9. The third-order valence-electron chi connectivity index (χ3n) is 7.50. The SMILES string of the molecule is CCCCCCCCCC/C=C/[C@@H](OCc1ccccc1)[C@@H](OCc1ccccc1)[C@@H](COCc1ccccc1)OS(C)(=O)=O. The van der Waals surface area contributed by atoms with Crippen molar-refractivity contribution in [3.63, 3.8) is 0 Å². The molecule has 246 valence electrons. The minimum absolute atomic E-state index is 0.0124. The molecule has 3 aromatic rings. The van der Waals surface area contributed by atoms with Crippen molar-refractivity contribution in [2.75, 3.05) is 12.9 Å². The molecule has 0 radical (unpaired) electrons. The topological polar surface area (TPSA) is 71.1 Å². The summed E-state index contributed by atoms with van der Waals surface area (Å²) >= 11 is 0. The second kappa shape index (κ2) is 21.8. The summed E-state index contributed by atoms with van der Waals surface area (Å²) in [7, 11) is -3.83.